The van der Waals surface area contributed by atoms with Gasteiger partial charge in [0, 0.05) is 37.0 Å². The molecule has 0 spiro atoms. The highest BCUT2D eigenvalue weighted by atomic mass is 19.1. The summed E-state index contributed by atoms with van der Waals surface area (Å²) < 4.78 is 13.9. The summed E-state index contributed by atoms with van der Waals surface area (Å²) in [5.74, 6) is 2.01. The Morgan fingerprint density at radius 1 is 1.09 bits per heavy atom. The van der Waals surface area contributed by atoms with Crippen molar-refractivity contribution in [2.75, 3.05) is 23.7 Å². The van der Waals surface area contributed by atoms with E-state index in [2.05, 4.69) is 20.6 Å². The van der Waals surface area contributed by atoms with Gasteiger partial charge < -0.3 is 15.5 Å². The maximum absolute atomic E-state index is 13.9. The summed E-state index contributed by atoms with van der Waals surface area (Å²) in [5.41, 5.74) is 1.22. The van der Waals surface area contributed by atoms with Gasteiger partial charge in [0.15, 0.2) is 0 Å². The first-order valence-corrected chi connectivity index (χ1v) is 10.8. The molecule has 1 atom stereocenters. The fourth-order valence-corrected chi connectivity index (χ4v) is 3.91. The molecule has 1 aliphatic heterocycles. The Morgan fingerprint density at radius 3 is 2.56 bits per heavy atom. The number of hydrogen-bond acceptors (Lipinski definition) is 6. The molecule has 0 bridgehead atoms. The molecule has 166 valence electrons. The number of anilines is 3. The molecule has 1 amide bonds. The topological polar surface area (TPSA) is 83.0 Å². The minimum absolute atomic E-state index is 0.0330. The van der Waals surface area contributed by atoms with Crippen LogP contribution in [0, 0.1) is 12.7 Å². The fourth-order valence-electron chi connectivity index (χ4n) is 3.91. The monoisotopic (exact) mass is 434 g/mol. The molecule has 7 nitrogen and oxygen atoms in total. The summed E-state index contributed by atoms with van der Waals surface area (Å²) in [6.07, 6.45) is 3.29. The lowest BCUT2D eigenvalue weighted by atomic mass is 9.95. The van der Waals surface area contributed by atoms with Gasteiger partial charge in [-0.15, -0.1) is 0 Å². The van der Waals surface area contributed by atoms with E-state index in [0.717, 1.165) is 30.2 Å². The lowest BCUT2D eigenvalue weighted by Gasteiger charge is -2.33. The zero-order valence-electron chi connectivity index (χ0n) is 18.3. The van der Waals surface area contributed by atoms with Gasteiger partial charge in [0.2, 0.25) is 5.91 Å². The van der Waals surface area contributed by atoms with Crippen LogP contribution in [-0.2, 0) is 4.79 Å². The number of likely N-dealkylation sites (tertiary alicyclic amines) is 1. The summed E-state index contributed by atoms with van der Waals surface area (Å²) in [6.45, 7) is 4.95. The molecule has 1 saturated heterocycles. The van der Waals surface area contributed by atoms with E-state index in [1.807, 2.05) is 36.1 Å². The molecule has 1 unspecified atom stereocenters. The van der Waals surface area contributed by atoms with Crippen molar-refractivity contribution in [1.29, 1.82) is 0 Å². The second-order valence-corrected chi connectivity index (χ2v) is 8.04. The van der Waals surface area contributed by atoms with E-state index in [1.165, 1.54) is 6.07 Å². The Balaban J connectivity index is 1.37. The lowest BCUT2D eigenvalue weighted by Crippen LogP contribution is -2.45. The van der Waals surface area contributed by atoms with E-state index >= 15 is 0 Å². The third kappa shape index (κ3) is 5.19. The zero-order valence-corrected chi connectivity index (χ0v) is 18.3. The SMILES string of the molecule is Cc1cc(Nc2ccccn2)nc(C2CCN(C(=O)C(C)Nc3ccccc3F)CC2)n1. The number of piperidine rings is 1. The number of nitrogens with zero attached hydrogens (tertiary/aromatic N) is 4. The first-order chi connectivity index (χ1) is 15.5. The molecule has 2 aromatic heterocycles. The van der Waals surface area contributed by atoms with Crippen molar-refractivity contribution >= 4 is 23.2 Å². The van der Waals surface area contributed by atoms with Crippen LogP contribution in [0.1, 0.15) is 37.2 Å². The molecule has 2 N–H and O–H groups in total. The van der Waals surface area contributed by atoms with Gasteiger partial charge in [-0.25, -0.2) is 19.3 Å². The van der Waals surface area contributed by atoms with Gasteiger partial charge >= 0.3 is 0 Å². The molecule has 4 rings (SSSR count). The average molecular weight is 435 g/mol. The van der Waals surface area contributed by atoms with Gasteiger partial charge in [0.05, 0.1) is 5.69 Å². The van der Waals surface area contributed by atoms with Crippen molar-refractivity contribution in [3.8, 4) is 0 Å². The minimum Gasteiger partial charge on any atom is -0.372 e. The van der Waals surface area contributed by atoms with E-state index in [-0.39, 0.29) is 17.6 Å². The zero-order chi connectivity index (χ0) is 22.5. The smallest absolute Gasteiger partial charge is 0.244 e. The van der Waals surface area contributed by atoms with Crippen molar-refractivity contribution in [1.82, 2.24) is 19.9 Å². The third-order valence-electron chi connectivity index (χ3n) is 5.58. The molecule has 1 aliphatic rings. The maximum atomic E-state index is 13.9. The molecule has 8 heteroatoms. The Labute approximate surface area is 187 Å². The van der Waals surface area contributed by atoms with E-state index < -0.39 is 6.04 Å². The minimum atomic E-state index is -0.507. The highest BCUT2D eigenvalue weighted by Gasteiger charge is 2.28. The molecule has 0 radical (unpaired) electrons. The number of carbonyl (C=O) groups excluding carboxylic acids is 1. The molecule has 3 heterocycles. The van der Waals surface area contributed by atoms with Crippen LogP contribution in [0.4, 0.5) is 21.7 Å². The second-order valence-electron chi connectivity index (χ2n) is 8.04. The molecular formula is C24H27FN6O. The van der Waals surface area contributed by atoms with Gasteiger partial charge in [0.25, 0.3) is 0 Å². The number of aryl methyl sites for hydroxylation is 1. The first-order valence-electron chi connectivity index (χ1n) is 10.8. The fraction of sp³-hybridized carbons (Fsp3) is 0.333. The third-order valence-corrected chi connectivity index (χ3v) is 5.58. The van der Waals surface area contributed by atoms with Gasteiger partial charge in [0.1, 0.15) is 29.3 Å². The summed E-state index contributed by atoms with van der Waals surface area (Å²) >= 11 is 0. The van der Waals surface area contributed by atoms with Crippen LogP contribution in [0.3, 0.4) is 0 Å². The molecule has 3 aromatic rings. The van der Waals surface area contributed by atoms with Crippen molar-refractivity contribution < 1.29 is 9.18 Å². The number of hydrogen-bond donors (Lipinski definition) is 2. The van der Waals surface area contributed by atoms with Gasteiger partial charge in [-0.2, -0.15) is 0 Å². The Hall–Kier alpha value is -3.55. The summed E-state index contributed by atoms with van der Waals surface area (Å²) in [5, 5.41) is 6.21. The largest absolute Gasteiger partial charge is 0.372 e. The summed E-state index contributed by atoms with van der Waals surface area (Å²) in [4.78, 5) is 28.3. The second kappa shape index (κ2) is 9.72. The van der Waals surface area contributed by atoms with Crippen LogP contribution in [0.15, 0.2) is 54.7 Å². The van der Waals surface area contributed by atoms with E-state index in [4.69, 9.17) is 4.98 Å². The lowest BCUT2D eigenvalue weighted by molar-refractivity contribution is -0.132. The number of halogens is 1. The van der Waals surface area contributed by atoms with Crippen molar-refractivity contribution in [3.05, 3.63) is 72.1 Å². The Bertz CT molecular complexity index is 1070. The Morgan fingerprint density at radius 2 is 1.84 bits per heavy atom. The van der Waals surface area contributed by atoms with E-state index in [9.17, 15) is 9.18 Å². The number of nitrogens with one attached hydrogen (secondary N) is 2. The number of carbonyl (C=O) groups is 1. The van der Waals surface area contributed by atoms with Gasteiger partial charge in [-0.1, -0.05) is 18.2 Å². The summed E-state index contributed by atoms with van der Waals surface area (Å²) in [7, 11) is 0. The van der Waals surface area contributed by atoms with Crippen LogP contribution in [-0.4, -0.2) is 44.9 Å². The number of pyridine rings is 1. The van der Waals surface area contributed by atoms with Crippen LogP contribution >= 0.6 is 0 Å². The molecule has 32 heavy (non-hydrogen) atoms. The molecular weight excluding hydrogens is 407 g/mol. The molecule has 0 aliphatic carbocycles. The van der Waals surface area contributed by atoms with Crippen LogP contribution < -0.4 is 10.6 Å². The van der Waals surface area contributed by atoms with E-state index in [1.54, 1.807) is 31.3 Å². The highest BCUT2D eigenvalue weighted by molar-refractivity contribution is 5.84. The van der Waals surface area contributed by atoms with Gasteiger partial charge in [-0.05, 0) is 51.0 Å². The predicted octanol–water partition coefficient (Wildman–Crippen LogP) is 4.27. The van der Waals surface area contributed by atoms with Crippen LogP contribution in [0.5, 0.6) is 0 Å². The number of para-hydroxylation sites is 1. The standard InChI is InChI=1S/C24H27FN6O/c1-16-15-22(29-21-9-5-6-12-26-21)30-23(27-16)18-10-13-31(14-11-18)24(32)17(2)28-20-8-4-3-7-19(20)25/h3-9,12,15,17-18,28H,10-11,13-14H2,1-2H3,(H,26,27,29,30). The number of rotatable bonds is 6. The Kier molecular flexibility index (Phi) is 6.58. The maximum Gasteiger partial charge on any atom is 0.244 e. The van der Waals surface area contributed by atoms with E-state index in [0.29, 0.717) is 24.6 Å². The number of amides is 1. The summed E-state index contributed by atoms with van der Waals surface area (Å²) in [6, 6.07) is 13.4. The first kappa shape index (κ1) is 21.7. The normalized spacial score (nSPS) is 15.3. The van der Waals surface area contributed by atoms with Crippen molar-refractivity contribution in [3.63, 3.8) is 0 Å². The highest BCUT2D eigenvalue weighted by Crippen LogP contribution is 2.28. The molecule has 1 aromatic carbocycles. The van der Waals surface area contributed by atoms with Crippen LogP contribution in [0.25, 0.3) is 0 Å². The van der Waals surface area contributed by atoms with Gasteiger partial charge in [-0.3, -0.25) is 4.79 Å². The van der Waals surface area contributed by atoms with Crippen molar-refractivity contribution in [2.24, 2.45) is 0 Å². The molecule has 0 saturated carbocycles. The predicted molar refractivity (Wildman–Crippen MR) is 122 cm³/mol. The quantitative estimate of drug-likeness (QED) is 0.603. The van der Waals surface area contributed by atoms with Crippen molar-refractivity contribution in [2.45, 2.75) is 38.6 Å². The number of benzene rings is 1. The number of aromatic nitrogens is 3. The average Bonchev–Trinajstić information content (AvgIpc) is 2.80. The molecule has 1 fully saturated rings. The van der Waals surface area contributed by atoms with Crippen LogP contribution in [0.2, 0.25) is 0 Å².